The van der Waals surface area contributed by atoms with Crippen molar-refractivity contribution in [3.8, 4) is 0 Å². The van der Waals surface area contributed by atoms with Gasteiger partial charge in [-0.25, -0.2) is 0 Å². The monoisotopic (exact) mass is 283 g/mol. The number of nitro benzene ring substituents is 1. The Morgan fingerprint density at radius 3 is 2.79 bits per heavy atom. The van der Waals surface area contributed by atoms with E-state index in [2.05, 4.69) is 17.3 Å². The Kier molecular flexibility index (Phi) is 4.61. The summed E-state index contributed by atoms with van der Waals surface area (Å²) in [5.41, 5.74) is 0.713. The molecule has 0 bridgehead atoms. The van der Waals surface area contributed by atoms with Crippen LogP contribution in [0.15, 0.2) is 18.2 Å². The zero-order chi connectivity index (χ0) is 13.8. The second kappa shape index (κ2) is 6.21. The number of likely N-dealkylation sites (tertiary alicyclic amines) is 1. The van der Waals surface area contributed by atoms with E-state index in [0.717, 1.165) is 32.5 Å². The molecule has 0 unspecified atom stereocenters. The molecule has 2 rings (SSSR count). The number of halogens is 1. The quantitative estimate of drug-likeness (QED) is 0.682. The third-order valence-electron chi connectivity index (χ3n) is 3.58. The average Bonchev–Trinajstić information content (AvgIpc) is 2.39. The van der Waals surface area contributed by atoms with E-state index in [0.29, 0.717) is 16.6 Å². The predicted molar refractivity (Wildman–Crippen MR) is 76.8 cm³/mol. The molecule has 104 valence electrons. The first-order chi connectivity index (χ1) is 9.06. The Bertz CT molecular complexity index is 459. The van der Waals surface area contributed by atoms with Crippen LogP contribution in [-0.2, 0) is 0 Å². The fraction of sp³-hybridized carbons (Fsp3) is 0.538. The Hall–Kier alpha value is -1.33. The van der Waals surface area contributed by atoms with Gasteiger partial charge < -0.3 is 10.2 Å². The summed E-state index contributed by atoms with van der Waals surface area (Å²) in [5.74, 6) is 0.603. The highest BCUT2D eigenvalue weighted by Crippen LogP contribution is 2.27. The summed E-state index contributed by atoms with van der Waals surface area (Å²) in [7, 11) is 2.13. The van der Waals surface area contributed by atoms with Crippen molar-refractivity contribution in [1.82, 2.24) is 4.90 Å². The maximum atomic E-state index is 10.7. The van der Waals surface area contributed by atoms with Crippen molar-refractivity contribution in [3.05, 3.63) is 33.3 Å². The smallest absolute Gasteiger partial charge is 0.271 e. The normalized spacial score (nSPS) is 17.4. The van der Waals surface area contributed by atoms with E-state index in [1.165, 1.54) is 12.1 Å². The Labute approximate surface area is 117 Å². The molecule has 0 aromatic heterocycles. The van der Waals surface area contributed by atoms with Crippen LogP contribution in [-0.4, -0.2) is 36.5 Å². The van der Waals surface area contributed by atoms with Crippen LogP contribution < -0.4 is 5.32 Å². The summed E-state index contributed by atoms with van der Waals surface area (Å²) in [5, 5.41) is 14.5. The lowest BCUT2D eigenvalue weighted by Gasteiger charge is -2.29. The van der Waals surface area contributed by atoms with Crippen molar-refractivity contribution in [2.45, 2.75) is 12.8 Å². The molecule has 0 amide bonds. The van der Waals surface area contributed by atoms with E-state index in [1.54, 1.807) is 6.07 Å². The Morgan fingerprint density at radius 1 is 1.47 bits per heavy atom. The van der Waals surface area contributed by atoms with Gasteiger partial charge in [0.2, 0.25) is 0 Å². The van der Waals surface area contributed by atoms with E-state index in [4.69, 9.17) is 11.6 Å². The molecule has 1 aromatic carbocycles. The lowest BCUT2D eigenvalue weighted by molar-refractivity contribution is -0.384. The number of nitrogens with one attached hydrogen (secondary N) is 1. The zero-order valence-electron chi connectivity index (χ0n) is 10.9. The minimum absolute atomic E-state index is 0.0651. The van der Waals surface area contributed by atoms with E-state index < -0.39 is 4.92 Å². The summed E-state index contributed by atoms with van der Waals surface area (Å²) in [4.78, 5) is 12.6. The molecule has 0 saturated carbocycles. The molecule has 1 aliphatic rings. The van der Waals surface area contributed by atoms with Crippen LogP contribution in [0.25, 0.3) is 0 Å². The molecular formula is C13H18ClN3O2. The fourth-order valence-corrected chi connectivity index (χ4v) is 2.47. The molecule has 1 fully saturated rings. The van der Waals surface area contributed by atoms with Crippen molar-refractivity contribution >= 4 is 23.0 Å². The molecule has 1 aliphatic heterocycles. The van der Waals surface area contributed by atoms with Gasteiger partial charge >= 0.3 is 0 Å². The third-order valence-corrected chi connectivity index (χ3v) is 3.91. The van der Waals surface area contributed by atoms with E-state index >= 15 is 0 Å². The standard InChI is InChI=1S/C13H18ClN3O2/c1-16-6-4-10(5-7-16)9-15-13-8-11(17(18)19)2-3-12(13)14/h2-3,8,10,15H,4-7,9H2,1H3. The van der Waals surface area contributed by atoms with Crippen molar-refractivity contribution in [2.24, 2.45) is 5.92 Å². The first-order valence-corrected chi connectivity index (χ1v) is 6.80. The van der Waals surface area contributed by atoms with Crippen molar-refractivity contribution in [3.63, 3.8) is 0 Å². The summed E-state index contributed by atoms with van der Waals surface area (Å²) in [6.45, 7) is 3.03. The number of non-ortho nitro benzene ring substituents is 1. The SMILES string of the molecule is CN1CCC(CNc2cc([N+](=O)[O-])ccc2Cl)CC1. The van der Waals surface area contributed by atoms with Gasteiger partial charge in [-0.05, 0) is 45.0 Å². The maximum absolute atomic E-state index is 10.7. The van der Waals surface area contributed by atoms with E-state index in [-0.39, 0.29) is 5.69 Å². The fourth-order valence-electron chi connectivity index (χ4n) is 2.28. The van der Waals surface area contributed by atoms with Crippen LogP contribution in [0.5, 0.6) is 0 Å². The highest BCUT2D eigenvalue weighted by molar-refractivity contribution is 6.33. The Morgan fingerprint density at radius 2 is 2.16 bits per heavy atom. The van der Waals surface area contributed by atoms with Crippen LogP contribution in [0, 0.1) is 16.0 Å². The molecule has 1 heterocycles. The molecule has 6 heteroatoms. The van der Waals surface area contributed by atoms with E-state index in [1.807, 2.05) is 0 Å². The van der Waals surface area contributed by atoms with Crippen molar-refractivity contribution in [1.29, 1.82) is 0 Å². The molecule has 0 aliphatic carbocycles. The number of rotatable bonds is 4. The van der Waals surface area contributed by atoms with Gasteiger partial charge in [0.25, 0.3) is 5.69 Å². The second-order valence-corrected chi connectivity index (χ2v) is 5.46. The lowest BCUT2D eigenvalue weighted by Crippen LogP contribution is -2.32. The molecule has 1 saturated heterocycles. The number of hydrogen-bond donors (Lipinski definition) is 1. The maximum Gasteiger partial charge on any atom is 0.271 e. The summed E-state index contributed by atoms with van der Waals surface area (Å²) in [6.07, 6.45) is 2.30. The van der Waals surface area contributed by atoms with Crippen LogP contribution >= 0.6 is 11.6 Å². The molecule has 5 nitrogen and oxygen atoms in total. The van der Waals surface area contributed by atoms with Gasteiger partial charge in [-0.2, -0.15) is 0 Å². The summed E-state index contributed by atoms with van der Waals surface area (Å²) >= 11 is 6.05. The van der Waals surface area contributed by atoms with Gasteiger partial charge in [0.05, 0.1) is 15.6 Å². The highest BCUT2D eigenvalue weighted by Gasteiger charge is 2.17. The minimum atomic E-state index is -0.406. The number of hydrogen-bond acceptors (Lipinski definition) is 4. The molecule has 0 atom stereocenters. The van der Waals surface area contributed by atoms with E-state index in [9.17, 15) is 10.1 Å². The largest absolute Gasteiger partial charge is 0.383 e. The molecule has 19 heavy (non-hydrogen) atoms. The Balaban J connectivity index is 1.95. The van der Waals surface area contributed by atoms with Crippen LogP contribution in [0.3, 0.4) is 0 Å². The van der Waals surface area contributed by atoms with Crippen LogP contribution in [0.2, 0.25) is 5.02 Å². The van der Waals surface area contributed by atoms with Crippen molar-refractivity contribution in [2.75, 3.05) is 32.0 Å². The highest BCUT2D eigenvalue weighted by atomic mass is 35.5. The molecule has 1 aromatic rings. The molecule has 0 radical (unpaired) electrons. The van der Waals surface area contributed by atoms with Gasteiger partial charge in [0.1, 0.15) is 0 Å². The van der Waals surface area contributed by atoms with Gasteiger partial charge in [0, 0.05) is 18.7 Å². The molecular weight excluding hydrogens is 266 g/mol. The van der Waals surface area contributed by atoms with Crippen LogP contribution in [0.1, 0.15) is 12.8 Å². The van der Waals surface area contributed by atoms with Crippen molar-refractivity contribution < 1.29 is 4.92 Å². The van der Waals surface area contributed by atoms with Crippen LogP contribution in [0.4, 0.5) is 11.4 Å². The van der Waals surface area contributed by atoms with Gasteiger partial charge in [-0.15, -0.1) is 0 Å². The number of piperidine rings is 1. The lowest BCUT2D eigenvalue weighted by atomic mass is 9.97. The summed E-state index contributed by atoms with van der Waals surface area (Å²) in [6, 6.07) is 4.48. The first-order valence-electron chi connectivity index (χ1n) is 6.42. The number of anilines is 1. The zero-order valence-corrected chi connectivity index (χ0v) is 11.7. The molecule has 1 N–H and O–H groups in total. The topological polar surface area (TPSA) is 58.4 Å². The van der Waals surface area contributed by atoms with Gasteiger partial charge in [0.15, 0.2) is 0 Å². The minimum Gasteiger partial charge on any atom is -0.383 e. The number of nitro groups is 1. The van der Waals surface area contributed by atoms with Gasteiger partial charge in [-0.1, -0.05) is 11.6 Å². The number of benzene rings is 1. The van der Waals surface area contributed by atoms with Gasteiger partial charge in [-0.3, -0.25) is 10.1 Å². The molecule has 0 spiro atoms. The summed E-state index contributed by atoms with van der Waals surface area (Å²) < 4.78 is 0. The average molecular weight is 284 g/mol. The number of nitrogens with zero attached hydrogens (tertiary/aromatic N) is 2. The predicted octanol–water partition coefficient (Wildman–Crippen LogP) is 3.00. The first kappa shape index (κ1) is 14.1. The third kappa shape index (κ3) is 3.81. The second-order valence-electron chi connectivity index (χ2n) is 5.05.